The van der Waals surface area contributed by atoms with E-state index >= 15 is 0 Å². The van der Waals surface area contributed by atoms with Gasteiger partial charge >= 0.3 is 0 Å². The number of fused-ring (bicyclic) bond motifs is 1. The molecule has 1 heterocycles. The van der Waals surface area contributed by atoms with E-state index in [1.807, 2.05) is 6.92 Å². The number of nitrogens with one attached hydrogen (secondary N) is 1. The molecule has 0 bridgehead atoms. The Balaban J connectivity index is 1.98. The van der Waals surface area contributed by atoms with Crippen molar-refractivity contribution in [1.82, 2.24) is 9.21 Å². The average molecular weight is 570 g/mol. The highest BCUT2D eigenvalue weighted by Gasteiger charge is 2.32. The first kappa shape index (κ1) is 29.7. The van der Waals surface area contributed by atoms with Crippen molar-refractivity contribution < 1.29 is 36.2 Å². The number of carbonyl (C=O) groups is 1. The lowest BCUT2D eigenvalue weighted by molar-refractivity contribution is -0.134. The van der Waals surface area contributed by atoms with Gasteiger partial charge in [0.25, 0.3) is 10.0 Å². The van der Waals surface area contributed by atoms with Gasteiger partial charge in [0.15, 0.2) is 0 Å². The molecule has 3 atom stereocenters. The van der Waals surface area contributed by atoms with Gasteiger partial charge in [-0.3, -0.25) is 9.52 Å². The quantitative estimate of drug-likeness (QED) is 0.463. The number of hydrogen-bond donors (Lipinski definition) is 2. The number of aliphatic hydroxyl groups excluding tert-OH is 1. The van der Waals surface area contributed by atoms with Crippen LogP contribution in [-0.2, 0) is 31.3 Å². The van der Waals surface area contributed by atoms with Crippen LogP contribution in [0.5, 0.6) is 11.5 Å². The summed E-state index contributed by atoms with van der Waals surface area (Å²) < 4.78 is 65.1. The Morgan fingerprint density at radius 1 is 1.18 bits per heavy atom. The third-order valence-corrected chi connectivity index (χ3v) is 9.22. The molecule has 11 nitrogen and oxygen atoms in total. The average Bonchev–Trinajstić information content (AvgIpc) is 2.90. The maximum absolute atomic E-state index is 13.3. The molecule has 0 aliphatic carbocycles. The first-order valence-corrected chi connectivity index (χ1v) is 15.4. The molecule has 210 valence electrons. The van der Waals surface area contributed by atoms with Crippen molar-refractivity contribution in [3.05, 3.63) is 48.0 Å². The molecular weight excluding hydrogens is 534 g/mol. The molecule has 2 aromatic carbocycles. The highest BCUT2D eigenvalue weighted by atomic mass is 32.2. The van der Waals surface area contributed by atoms with Gasteiger partial charge in [-0.2, -0.15) is 0 Å². The van der Waals surface area contributed by atoms with Gasteiger partial charge in [-0.1, -0.05) is 6.92 Å². The van der Waals surface area contributed by atoms with Crippen LogP contribution in [0.4, 0.5) is 5.69 Å². The van der Waals surface area contributed by atoms with Crippen LogP contribution in [0, 0.1) is 5.92 Å². The second-order valence-corrected chi connectivity index (χ2v) is 13.3. The van der Waals surface area contributed by atoms with Gasteiger partial charge in [0, 0.05) is 30.8 Å². The fourth-order valence-corrected chi connectivity index (χ4v) is 5.54. The lowest BCUT2D eigenvalue weighted by atomic mass is 10.0. The number of nitrogens with zero attached hydrogens (tertiary/aromatic N) is 2. The molecule has 0 fully saturated rings. The summed E-state index contributed by atoms with van der Waals surface area (Å²) in [6, 6.07) is 10.1. The smallest absolute Gasteiger partial charge is 0.261 e. The summed E-state index contributed by atoms with van der Waals surface area (Å²) in [4.78, 5) is 14.9. The molecule has 1 amide bonds. The summed E-state index contributed by atoms with van der Waals surface area (Å²) in [6.45, 7) is 3.62. The number of sulfonamides is 2. The molecule has 1 aliphatic heterocycles. The number of benzene rings is 2. The van der Waals surface area contributed by atoms with Gasteiger partial charge in [0.05, 0.1) is 43.9 Å². The Bertz CT molecular complexity index is 1350. The van der Waals surface area contributed by atoms with E-state index in [1.54, 1.807) is 17.9 Å². The van der Waals surface area contributed by atoms with Gasteiger partial charge in [0.2, 0.25) is 15.9 Å². The molecule has 13 heteroatoms. The van der Waals surface area contributed by atoms with E-state index in [9.17, 15) is 26.7 Å². The zero-order chi connectivity index (χ0) is 28.3. The van der Waals surface area contributed by atoms with Crippen molar-refractivity contribution in [2.75, 3.05) is 44.8 Å². The molecule has 3 rings (SSSR count). The van der Waals surface area contributed by atoms with Crippen molar-refractivity contribution in [2.24, 2.45) is 5.92 Å². The van der Waals surface area contributed by atoms with Gasteiger partial charge in [0.1, 0.15) is 17.6 Å². The van der Waals surface area contributed by atoms with Gasteiger partial charge < -0.3 is 19.5 Å². The molecule has 0 radical (unpaired) electrons. The maximum Gasteiger partial charge on any atom is 0.261 e. The van der Waals surface area contributed by atoms with Crippen LogP contribution >= 0.6 is 0 Å². The minimum Gasteiger partial charge on any atom is -0.497 e. The predicted molar refractivity (Wildman–Crippen MR) is 143 cm³/mol. The molecule has 0 saturated carbocycles. The highest BCUT2D eigenvalue weighted by molar-refractivity contribution is 7.92. The van der Waals surface area contributed by atoms with Crippen LogP contribution in [-0.4, -0.2) is 89.3 Å². The van der Waals surface area contributed by atoms with E-state index < -0.39 is 32.2 Å². The molecule has 0 saturated heterocycles. The Morgan fingerprint density at radius 2 is 1.84 bits per heavy atom. The molecular formula is C25H35N3O8S2. The van der Waals surface area contributed by atoms with Crippen LogP contribution in [0.25, 0.3) is 0 Å². The molecule has 1 aliphatic rings. The Morgan fingerprint density at radius 3 is 2.42 bits per heavy atom. The molecule has 38 heavy (non-hydrogen) atoms. The third-order valence-electron chi connectivity index (χ3n) is 6.54. The van der Waals surface area contributed by atoms with E-state index in [4.69, 9.17) is 9.47 Å². The zero-order valence-corrected chi connectivity index (χ0v) is 23.8. The SMILES string of the molecule is COc1ccc(S(=O)(=O)Nc2ccc3c(c2)CC(=O)N([C@H](C)CO)C[C@@H](C)[C@H](CN(C)S(C)(=O)=O)O3)cc1. The van der Waals surface area contributed by atoms with E-state index in [2.05, 4.69) is 4.72 Å². The highest BCUT2D eigenvalue weighted by Crippen LogP contribution is 2.30. The second kappa shape index (κ2) is 11.9. The molecule has 2 aromatic rings. The van der Waals surface area contributed by atoms with Crippen molar-refractivity contribution in [2.45, 2.75) is 37.3 Å². The largest absolute Gasteiger partial charge is 0.497 e. The lowest BCUT2D eigenvalue weighted by Crippen LogP contribution is -2.48. The van der Waals surface area contributed by atoms with Crippen molar-refractivity contribution in [3.8, 4) is 11.5 Å². The number of aliphatic hydroxyl groups is 1. The first-order chi connectivity index (χ1) is 17.7. The molecule has 0 aromatic heterocycles. The number of hydrogen-bond acceptors (Lipinski definition) is 8. The van der Waals surface area contributed by atoms with Crippen molar-refractivity contribution in [3.63, 3.8) is 0 Å². The zero-order valence-electron chi connectivity index (χ0n) is 22.1. The second-order valence-electron chi connectivity index (χ2n) is 9.54. The number of amides is 1. The third kappa shape index (κ3) is 7.16. The van der Waals surface area contributed by atoms with Gasteiger partial charge in [-0.15, -0.1) is 0 Å². The number of carbonyl (C=O) groups excluding carboxylic acids is 1. The van der Waals surface area contributed by atoms with Crippen LogP contribution in [0.3, 0.4) is 0 Å². The fraction of sp³-hybridized carbons (Fsp3) is 0.480. The minimum absolute atomic E-state index is 0.0369. The van der Waals surface area contributed by atoms with E-state index in [1.165, 1.54) is 54.9 Å². The summed E-state index contributed by atoms with van der Waals surface area (Å²) in [5, 5.41) is 9.75. The number of rotatable bonds is 9. The summed E-state index contributed by atoms with van der Waals surface area (Å²) >= 11 is 0. The van der Waals surface area contributed by atoms with E-state index in [-0.39, 0.29) is 48.5 Å². The molecule has 0 unspecified atom stereocenters. The minimum atomic E-state index is -3.93. The topological polar surface area (TPSA) is 143 Å². The summed E-state index contributed by atoms with van der Waals surface area (Å²) in [5.41, 5.74) is 0.663. The first-order valence-electron chi connectivity index (χ1n) is 12.0. The Hall–Kier alpha value is -2.87. The maximum atomic E-state index is 13.3. The summed E-state index contributed by atoms with van der Waals surface area (Å²) in [6.07, 6.45) is 0.389. The van der Waals surface area contributed by atoms with Gasteiger partial charge in [-0.05, 0) is 49.4 Å². The molecule has 0 spiro atoms. The Labute approximate surface area is 224 Å². The van der Waals surface area contributed by atoms with Crippen LogP contribution < -0.4 is 14.2 Å². The van der Waals surface area contributed by atoms with Crippen LogP contribution in [0.15, 0.2) is 47.4 Å². The summed E-state index contributed by atoms with van der Waals surface area (Å²) in [5.74, 6) is 0.318. The predicted octanol–water partition coefficient (Wildman–Crippen LogP) is 1.54. The normalized spacial score (nSPS) is 19.6. The van der Waals surface area contributed by atoms with Gasteiger partial charge in [-0.25, -0.2) is 21.1 Å². The monoisotopic (exact) mass is 569 g/mol. The number of ether oxygens (including phenoxy) is 2. The van der Waals surface area contributed by atoms with E-state index in [0.29, 0.717) is 17.1 Å². The summed E-state index contributed by atoms with van der Waals surface area (Å²) in [7, 11) is -4.48. The standard InChI is InChI=1S/C25H35N3O8S2/c1-17-14-28(18(2)16-29)25(30)13-19-12-20(26-38(33,34)22-9-7-21(35-4)8-10-22)6-11-23(19)36-24(17)15-27(3)37(5,31)32/h6-12,17-18,24,26,29H,13-16H2,1-5H3/t17-,18-,24+/m1/s1. The molecule has 2 N–H and O–H groups in total. The van der Waals surface area contributed by atoms with Crippen molar-refractivity contribution >= 4 is 31.6 Å². The Kier molecular flexibility index (Phi) is 9.29. The van der Waals surface area contributed by atoms with Crippen LogP contribution in [0.1, 0.15) is 19.4 Å². The van der Waals surface area contributed by atoms with Crippen LogP contribution in [0.2, 0.25) is 0 Å². The van der Waals surface area contributed by atoms with E-state index in [0.717, 1.165) is 6.26 Å². The number of anilines is 1. The number of likely N-dealkylation sites (N-methyl/N-ethyl adjacent to an activating group) is 1. The fourth-order valence-electron chi connectivity index (χ4n) is 4.07. The van der Waals surface area contributed by atoms with Crippen molar-refractivity contribution in [1.29, 1.82) is 0 Å². The number of methoxy groups -OCH3 is 1. The lowest BCUT2D eigenvalue weighted by Gasteiger charge is -2.33.